The van der Waals surface area contributed by atoms with E-state index < -0.39 is 0 Å². The lowest BCUT2D eigenvalue weighted by atomic mass is 10.1. The molecular weight excluding hydrogens is 256 g/mol. The van der Waals surface area contributed by atoms with Gasteiger partial charge in [0.25, 0.3) is 0 Å². The van der Waals surface area contributed by atoms with Crippen molar-refractivity contribution in [2.45, 2.75) is 78.1 Å². The molecule has 0 bridgehead atoms. The molecule has 0 saturated carbocycles. The number of benzene rings is 1. The minimum atomic E-state index is 0.958. The number of rotatable bonds is 12. The zero-order valence-corrected chi connectivity index (χ0v) is 14.1. The summed E-state index contributed by atoms with van der Waals surface area (Å²) in [5.41, 5.74) is 2.41. The lowest BCUT2D eigenvalue weighted by Gasteiger charge is -2.18. The number of anilines is 1. The number of hydrogen-bond donors (Lipinski definition) is 1. The largest absolute Gasteiger partial charge is 0.311 e. The van der Waals surface area contributed by atoms with E-state index in [9.17, 15) is 0 Å². The first-order chi connectivity index (χ1) is 10.2. The number of unbranched alkanes of at least 4 members (excludes halogenated alkanes) is 9. The number of hydrazine groups is 1. The number of hydrogen-bond acceptors (Lipinski definition) is 2. The molecule has 0 spiro atoms. The smallest absolute Gasteiger partial charge is 0.0517 e. The van der Waals surface area contributed by atoms with Crippen LogP contribution in [0.4, 0.5) is 5.69 Å². The average Bonchev–Trinajstić information content (AvgIpc) is 2.49. The Bertz CT molecular complexity index is 345. The summed E-state index contributed by atoms with van der Waals surface area (Å²) >= 11 is 0. The van der Waals surface area contributed by atoms with Gasteiger partial charge in [0.2, 0.25) is 0 Å². The molecule has 120 valence electrons. The molecule has 0 aliphatic rings. The van der Waals surface area contributed by atoms with Crippen LogP contribution in [0.2, 0.25) is 0 Å². The van der Waals surface area contributed by atoms with Crippen molar-refractivity contribution >= 4 is 5.69 Å². The van der Waals surface area contributed by atoms with E-state index in [-0.39, 0.29) is 0 Å². The van der Waals surface area contributed by atoms with Crippen LogP contribution in [0.3, 0.4) is 0 Å². The molecule has 1 aromatic carbocycles. The normalized spacial score (nSPS) is 10.8. The molecule has 21 heavy (non-hydrogen) atoms. The first kappa shape index (κ1) is 18.0. The minimum absolute atomic E-state index is 0.958. The lowest BCUT2D eigenvalue weighted by Crippen LogP contribution is -2.31. The maximum atomic E-state index is 6.09. The van der Waals surface area contributed by atoms with Crippen LogP contribution in [0.5, 0.6) is 0 Å². The van der Waals surface area contributed by atoms with Crippen molar-refractivity contribution in [3.63, 3.8) is 0 Å². The topological polar surface area (TPSA) is 29.3 Å². The standard InChI is InChI=1S/C19H34N2/c1-3-4-5-6-7-8-9-10-11-12-17-21(20)19-15-13-18(2)14-16-19/h13-16H,3-12,17,20H2,1-2H3. The van der Waals surface area contributed by atoms with Gasteiger partial charge in [-0.2, -0.15) is 0 Å². The van der Waals surface area contributed by atoms with Gasteiger partial charge in [0.05, 0.1) is 5.69 Å². The molecule has 0 unspecified atom stereocenters. The van der Waals surface area contributed by atoms with E-state index >= 15 is 0 Å². The third kappa shape index (κ3) is 8.77. The number of nitrogens with two attached hydrogens (primary N) is 1. The van der Waals surface area contributed by atoms with Crippen molar-refractivity contribution in [3.05, 3.63) is 29.8 Å². The highest BCUT2D eigenvalue weighted by atomic mass is 15.4. The maximum Gasteiger partial charge on any atom is 0.0517 e. The quantitative estimate of drug-likeness (QED) is 0.308. The molecule has 0 fully saturated rings. The number of nitrogens with zero attached hydrogens (tertiary/aromatic N) is 1. The van der Waals surface area contributed by atoms with Crippen LogP contribution >= 0.6 is 0 Å². The molecule has 0 radical (unpaired) electrons. The molecule has 0 heterocycles. The van der Waals surface area contributed by atoms with E-state index in [2.05, 4.69) is 38.1 Å². The van der Waals surface area contributed by atoms with Crippen LogP contribution in [0.1, 0.15) is 76.7 Å². The van der Waals surface area contributed by atoms with E-state index in [1.54, 1.807) is 0 Å². The van der Waals surface area contributed by atoms with Gasteiger partial charge in [0.15, 0.2) is 0 Å². The predicted molar refractivity (Wildman–Crippen MR) is 94.6 cm³/mol. The second kappa shape index (κ2) is 11.6. The van der Waals surface area contributed by atoms with Crippen LogP contribution < -0.4 is 10.9 Å². The molecule has 2 heteroatoms. The Morgan fingerprint density at radius 3 is 1.76 bits per heavy atom. The molecule has 0 aliphatic carbocycles. The van der Waals surface area contributed by atoms with Gasteiger partial charge in [-0.1, -0.05) is 82.4 Å². The van der Waals surface area contributed by atoms with Gasteiger partial charge in [-0.05, 0) is 25.5 Å². The summed E-state index contributed by atoms with van der Waals surface area (Å²) in [4.78, 5) is 0. The number of aryl methyl sites for hydroxylation is 1. The Labute approximate surface area is 131 Å². The third-order valence-electron chi connectivity index (χ3n) is 4.12. The van der Waals surface area contributed by atoms with Gasteiger partial charge in [-0.3, -0.25) is 0 Å². The van der Waals surface area contributed by atoms with Crippen LogP contribution in [0, 0.1) is 6.92 Å². The highest BCUT2D eigenvalue weighted by molar-refractivity contribution is 5.45. The maximum absolute atomic E-state index is 6.09. The van der Waals surface area contributed by atoms with E-state index in [1.807, 2.05) is 5.01 Å². The van der Waals surface area contributed by atoms with Gasteiger partial charge in [-0.15, -0.1) is 0 Å². The van der Waals surface area contributed by atoms with Crippen molar-refractivity contribution in [2.75, 3.05) is 11.6 Å². The first-order valence-electron chi connectivity index (χ1n) is 8.83. The highest BCUT2D eigenvalue weighted by Gasteiger charge is 2.00. The molecular formula is C19H34N2. The summed E-state index contributed by atoms with van der Waals surface area (Å²) in [5, 5.41) is 1.88. The van der Waals surface area contributed by atoms with Crippen molar-refractivity contribution in [2.24, 2.45) is 5.84 Å². The fourth-order valence-corrected chi connectivity index (χ4v) is 2.63. The van der Waals surface area contributed by atoms with Gasteiger partial charge in [0.1, 0.15) is 0 Å². The monoisotopic (exact) mass is 290 g/mol. The molecule has 0 aliphatic heterocycles. The van der Waals surface area contributed by atoms with Gasteiger partial charge in [-0.25, -0.2) is 5.84 Å². The molecule has 2 N–H and O–H groups in total. The molecule has 1 aromatic rings. The van der Waals surface area contributed by atoms with Crippen LogP contribution in [-0.2, 0) is 0 Å². The van der Waals surface area contributed by atoms with Crippen molar-refractivity contribution in [1.29, 1.82) is 0 Å². The lowest BCUT2D eigenvalue weighted by molar-refractivity contribution is 0.555. The Balaban J connectivity index is 1.95. The summed E-state index contributed by atoms with van der Waals surface area (Å²) in [7, 11) is 0. The van der Waals surface area contributed by atoms with Gasteiger partial charge < -0.3 is 5.01 Å². The molecule has 2 nitrogen and oxygen atoms in total. The van der Waals surface area contributed by atoms with Crippen molar-refractivity contribution in [3.8, 4) is 0 Å². The van der Waals surface area contributed by atoms with Gasteiger partial charge in [0, 0.05) is 6.54 Å². The highest BCUT2D eigenvalue weighted by Crippen LogP contribution is 2.14. The van der Waals surface area contributed by atoms with E-state index in [1.165, 1.54) is 69.8 Å². The Morgan fingerprint density at radius 1 is 0.762 bits per heavy atom. The van der Waals surface area contributed by atoms with Gasteiger partial charge >= 0.3 is 0 Å². The third-order valence-corrected chi connectivity index (χ3v) is 4.12. The second-order valence-electron chi connectivity index (χ2n) is 6.21. The van der Waals surface area contributed by atoms with E-state index in [0.717, 1.165) is 12.2 Å². The predicted octanol–water partition coefficient (Wildman–Crippen LogP) is 5.60. The molecule has 0 amide bonds. The summed E-state index contributed by atoms with van der Waals surface area (Å²) < 4.78 is 0. The van der Waals surface area contributed by atoms with Crippen molar-refractivity contribution < 1.29 is 0 Å². The first-order valence-corrected chi connectivity index (χ1v) is 8.83. The van der Waals surface area contributed by atoms with Crippen LogP contribution in [-0.4, -0.2) is 6.54 Å². The summed E-state index contributed by atoms with van der Waals surface area (Å²) in [6.45, 7) is 5.34. The molecule has 0 atom stereocenters. The molecule has 0 saturated heterocycles. The van der Waals surface area contributed by atoms with Crippen LogP contribution in [0.25, 0.3) is 0 Å². The zero-order chi connectivity index (χ0) is 15.3. The van der Waals surface area contributed by atoms with Crippen molar-refractivity contribution in [1.82, 2.24) is 0 Å². The Hall–Kier alpha value is -1.02. The van der Waals surface area contributed by atoms with Crippen LogP contribution in [0.15, 0.2) is 24.3 Å². The second-order valence-corrected chi connectivity index (χ2v) is 6.21. The summed E-state index contributed by atoms with van der Waals surface area (Å²) in [6, 6.07) is 8.44. The van der Waals surface area contributed by atoms with E-state index in [0.29, 0.717) is 0 Å². The Kier molecular flexibility index (Phi) is 9.98. The molecule has 1 rings (SSSR count). The minimum Gasteiger partial charge on any atom is -0.311 e. The summed E-state index contributed by atoms with van der Waals surface area (Å²) in [5.74, 6) is 6.09. The summed E-state index contributed by atoms with van der Waals surface area (Å²) in [6.07, 6.45) is 13.7. The molecule has 0 aromatic heterocycles. The fraction of sp³-hybridized carbons (Fsp3) is 0.684. The fourth-order valence-electron chi connectivity index (χ4n) is 2.63. The zero-order valence-electron chi connectivity index (χ0n) is 14.1. The average molecular weight is 290 g/mol. The Morgan fingerprint density at radius 2 is 1.24 bits per heavy atom. The van der Waals surface area contributed by atoms with E-state index in [4.69, 9.17) is 5.84 Å². The SMILES string of the molecule is CCCCCCCCCCCCN(N)c1ccc(C)cc1.